The summed E-state index contributed by atoms with van der Waals surface area (Å²) in [6, 6.07) is 6.82. The lowest BCUT2D eigenvalue weighted by atomic mass is 9.95. The molecule has 0 bridgehead atoms. The highest BCUT2D eigenvalue weighted by molar-refractivity contribution is 6.36. The molecule has 1 fully saturated rings. The molecule has 0 aliphatic heterocycles. The molecular formula is C20H18Cl2F3N3O2. The third-order valence-electron chi connectivity index (χ3n) is 5.13. The fraction of sp³-hybridized carbons (Fsp3) is 0.400. The van der Waals surface area contributed by atoms with Crippen LogP contribution in [0.25, 0.3) is 16.8 Å². The van der Waals surface area contributed by atoms with Gasteiger partial charge in [-0.2, -0.15) is 13.2 Å². The van der Waals surface area contributed by atoms with Crippen molar-refractivity contribution in [2.24, 2.45) is 0 Å². The molecule has 0 atom stereocenters. The molecule has 4 rings (SSSR count). The van der Waals surface area contributed by atoms with Gasteiger partial charge in [0.05, 0.1) is 22.3 Å². The fourth-order valence-electron chi connectivity index (χ4n) is 3.60. The highest BCUT2D eigenvalue weighted by atomic mass is 35.5. The maximum Gasteiger partial charge on any atom is 0.396 e. The highest BCUT2D eigenvalue weighted by Gasteiger charge is 2.31. The van der Waals surface area contributed by atoms with Crippen molar-refractivity contribution in [3.05, 3.63) is 46.3 Å². The van der Waals surface area contributed by atoms with E-state index in [1.54, 1.807) is 24.3 Å². The van der Waals surface area contributed by atoms with Crippen molar-refractivity contribution < 1.29 is 23.0 Å². The molecule has 0 spiro atoms. The molecule has 1 N–H and O–H groups in total. The van der Waals surface area contributed by atoms with Gasteiger partial charge in [0, 0.05) is 11.8 Å². The van der Waals surface area contributed by atoms with E-state index in [2.05, 4.69) is 10.2 Å². The van der Waals surface area contributed by atoms with Gasteiger partial charge in [-0.1, -0.05) is 29.3 Å². The lowest BCUT2D eigenvalue weighted by Crippen LogP contribution is -2.26. The van der Waals surface area contributed by atoms with Crippen molar-refractivity contribution in [1.82, 2.24) is 14.6 Å². The molecule has 1 aliphatic carbocycles. The zero-order chi connectivity index (χ0) is 21.5. The van der Waals surface area contributed by atoms with Gasteiger partial charge in [-0.3, -0.25) is 4.40 Å². The molecule has 5 nitrogen and oxygen atoms in total. The number of fused-ring (bicyclic) bond motifs is 1. The number of nitrogens with zero attached hydrogens (tertiary/aromatic N) is 3. The number of aliphatic hydroxyl groups is 1. The van der Waals surface area contributed by atoms with E-state index in [1.165, 1.54) is 10.6 Å². The van der Waals surface area contributed by atoms with Crippen LogP contribution in [-0.2, 0) is 6.42 Å². The predicted octanol–water partition coefficient (Wildman–Crippen LogP) is 5.49. The van der Waals surface area contributed by atoms with Crippen molar-refractivity contribution in [1.29, 1.82) is 0 Å². The summed E-state index contributed by atoms with van der Waals surface area (Å²) in [7, 11) is 0. The Morgan fingerprint density at radius 1 is 1.10 bits per heavy atom. The fourth-order valence-corrected chi connectivity index (χ4v) is 4.13. The van der Waals surface area contributed by atoms with Gasteiger partial charge in [-0.15, -0.1) is 10.2 Å². The Bertz CT molecular complexity index is 1060. The van der Waals surface area contributed by atoms with E-state index >= 15 is 0 Å². The lowest BCUT2D eigenvalue weighted by Gasteiger charge is -2.26. The molecule has 2 aromatic heterocycles. The van der Waals surface area contributed by atoms with Gasteiger partial charge >= 0.3 is 6.18 Å². The van der Waals surface area contributed by atoms with Gasteiger partial charge < -0.3 is 9.84 Å². The summed E-state index contributed by atoms with van der Waals surface area (Å²) in [6.07, 6.45) is -1.48. The van der Waals surface area contributed by atoms with Crippen LogP contribution >= 0.6 is 23.2 Å². The van der Waals surface area contributed by atoms with Crippen molar-refractivity contribution in [3.63, 3.8) is 0 Å². The van der Waals surface area contributed by atoms with Gasteiger partial charge in [0.15, 0.2) is 5.65 Å². The molecule has 0 unspecified atom stereocenters. The van der Waals surface area contributed by atoms with Crippen LogP contribution < -0.4 is 4.74 Å². The molecule has 3 aromatic rings. The van der Waals surface area contributed by atoms with Crippen LogP contribution in [0.4, 0.5) is 13.2 Å². The first-order chi connectivity index (χ1) is 14.2. The van der Waals surface area contributed by atoms with Crippen LogP contribution in [0, 0.1) is 0 Å². The van der Waals surface area contributed by atoms with E-state index in [0.29, 0.717) is 34.7 Å². The number of benzene rings is 1. The Morgan fingerprint density at radius 3 is 2.50 bits per heavy atom. The van der Waals surface area contributed by atoms with Crippen molar-refractivity contribution in [3.8, 4) is 16.9 Å². The van der Waals surface area contributed by atoms with Gasteiger partial charge in [0.1, 0.15) is 18.0 Å². The van der Waals surface area contributed by atoms with E-state index in [4.69, 9.17) is 27.9 Å². The Labute approximate surface area is 180 Å². The summed E-state index contributed by atoms with van der Waals surface area (Å²) in [5.41, 5.74) is 1.40. The third-order valence-corrected chi connectivity index (χ3v) is 5.80. The molecule has 0 radical (unpaired) electrons. The topological polar surface area (TPSA) is 59.7 Å². The molecular weight excluding hydrogens is 442 g/mol. The monoisotopic (exact) mass is 459 g/mol. The molecule has 1 saturated carbocycles. The number of hydrogen-bond donors (Lipinski definition) is 1. The van der Waals surface area contributed by atoms with Crippen LogP contribution in [0.2, 0.25) is 10.0 Å². The smallest absolute Gasteiger partial charge is 0.396 e. The Kier molecular flexibility index (Phi) is 5.83. The second-order valence-electron chi connectivity index (χ2n) is 7.34. The van der Waals surface area contributed by atoms with E-state index < -0.39 is 12.6 Å². The quantitative estimate of drug-likeness (QED) is 0.560. The molecule has 10 heteroatoms. The molecule has 1 aliphatic rings. The molecule has 2 heterocycles. The number of aromatic nitrogens is 3. The Morgan fingerprint density at radius 2 is 1.83 bits per heavy atom. The number of alkyl halides is 3. The molecule has 0 amide bonds. The molecule has 0 saturated heterocycles. The van der Waals surface area contributed by atoms with Crippen LogP contribution in [0.3, 0.4) is 0 Å². The van der Waals surface area contributed by atoms with E-state index in [0.717, 1.165) is 12.8 Å². The first-order valence-corrected chi connectivity index (χ1v) is 10.2. The third kappa shape index (κ3) is 4.50. The average Bonchev–Trinajstić information content (AvgIpc) is 3.07. The summed E-state index contributed by atoms with van der Waals surface area (Å²) in [6.45, 7) is 0. The van der Waals surface area contributed by atoms with E-state index in [-0.39, 0.29) is 28.7 Å². The minimum atomic E-state index is -4.39. The van der Waals surface area contributed by atoms with Crippen LogP contribution in [0.15, 0.2) is 30.5 Å². The number of rotatable bonds is 4. The number of pyridine rings is 1. The van der Waals surface area contributed by atoms with E-state index in [1.807, 2.05) is 0 Å². The zero-order valence-electron chi connectivity index (χ0n) is 15.7. The minimum Gasteiger partial charge on any atom is -0.489 e. The maximum atomic E-state index is 12.7. The normalized spacial score (nSPS) is 19.9. The molecule has 1 aromatic carbocycles. The van der Waals surface area contributed by atoms with E-state index in [9.17, 15) is 18.3 Å². The summed E-state index contributed by atoms with van der Waals surface area (Å²) in [5, 5.41) is 17.6. The Hall–Kier alpha value is -2.03. The van der Waals surface area contributed by atoms with Gasteiger partial charge in [-0.05, 0) is 49.4 Å². The van der Waals surface area contributed by atoms with Crippen LogP contribution in [0.1, 0.15) is 31.5 Å². The summed E-state index contributed by atoms with van der Waals surface area (Å²) < 4.78 is 45.3. The highest BCUT2D eigenvalue weighted by Crippen LogP contribution is 2.37. The summed E-state index contributed by atoms with van der Waals surface area (Å²) >= 11 is 12.8. The minimum absolute atomic E-state index is 0.000245. The van der Waals surface area contributed by atoms with Gasteiger partial charge in [0.25, 0.3) is 0 Å². The summed E-state index contributed by atoms with van der Waals surface area (Å²) in [5.74, 6) is 0.305. The molecule has 30 heavy (non-hydrogen) atoms. The Balaban J connectivity index is 1.59. The number of ether oxygens (including phenoxy) is 1. The predicted molar refractivity (Wildman–Crippen MR) is 107 cm³/mol. The van der Waals surface area contributed by atoms with Crippen molar-refractivity contribution in [2.75, 3.05) is 0 Å². The second kappa shape index (κ2) is 8.24. The van der Waals surface area contributed by atoms with Crippen LogP contribution in [-0.4, -0.2) is 38.1 Å². The van der Waals surface area contributed by atoms with Gasteiger partial charge in [0.2, 0.25) is 0 Å². The number of aliphatic hydroxyl groups excluding tert-OH is 1. The lowest BCUT2D eigenvalue weighted by molar-refractivity contribution is -0.128. The number of hydrogen-bond acceptors (Lipinski definition) is 4. The zero-order valence-corrected chi connectivity index (χ0v) is 17.2. The van der Waals surface area contributed by atoms with Crippen molar-refractivity contribution >= 4 is 28.8 Å². The maximum absolute atomic E-state index is 12.7. The van der Waals surface area contributed by atoms with Crippen LogP contribution in [0.5, 0.6) is 5.75 Å². The second-order valence-corrected chi connectivity index (χ2v) is 8.12. The SMILES string of the molecule is O[C@H]1CC[C@H](Oc2ccc(-c3ccn4c(CC(F)(F)F)nnc4c3Cl)cc2Cl)CC1. The first-order valence-electron chi connectivity index (χ1n) is 9.45. The first kappa shape index (κ1) is 21.2. The number of halogens is 5. The van der Waals surface area contributed by atoms with Gasteiger partial charge in [-0.25, -0.2) is 0 Å². The largest absolute Gasteiger partial charge is 0.489 e. The molecule has 160 valence electrons. The summed E-state index contributed by atoms with van der Waals surface area (Å²) in [4.78, 5) is 0. The van der Waals surface area contributed by atoms with Crippen molar-refractivity contribution in [2.45, 2.75) is 50.5 Å². The standard InChI is InChI=1S/C20H18Cl2F3N3O2/c21-15-9-11(1-6-16(15)30-13-4-2-12(29)3-5-13)14-7-8-28-17(10-20(23,24)25)26-27-19(28)18(14)22/h1,6-9,12-13,29H,2-5,10H2/t12-,13-. The average molecular weight is 460 g/mol.